The highest BCUT2D eigenvalue weighted by Crippen LogP contribution is 2.32. The Kier molecular flexibility index (Phi) is 7.43. The highest BCUT2D eigenvalue weighted by molar-refractivity contribution is 5.94. The maximum Gasteiger partial charge on any atom is 0.244 e. The van der Waals surface area contributed by atoms with Crippen molar-refractivity contribution in [2.45, 2.75) is 13.3 Å². The molecule has 2 aromatic carbocycles. The first-order valence-electron chi connectivity index (χ1n) is 8.57. The number of carbonyl (C=O) groups is 2. The van der Waals surface area contributed by atoms with Gasteiger partial charge >= 0.3 is 0 Å². The summed E-state index contributed by atoms with van der Waals surface area (Å²) in [7, 11) is 3.10. The molecule has 0 aliphatic carbocycles. The number of benzene rings is 2. The number of carbonyl (C=O) groups excluding carboxylic acids is 2. The number of methoxy groups -OCH3 is 2. The summed E-state index contributed by atoms with van der Waals surface area (Å²) in [6, 6.07) is 13.0. The largest absolute Gasteiger partial charge is 0.493 e. The van der Waals surface area contributed by atoms with E-state index in [0.717, 1.165) is 11.1 Å². The van der Waals surface area contributed by atoms with Gasteiger partial charge in [0.25, 0.3) is 0 Å². The fourth-order valence-corrected chi connectivity index (χ4v) is 2.42. The van der Waals surface area contributed by atoms with Gasteiger partial charge in [-0.2, -0.15) is 0 Å². The van der Waals surface area contributed by atoms with Crippen LogP contribution in [0.1, 0.15) is 17.5 Å². The maximum absolute atomic E-state index is 12.1. The standard InChI is InChI=1S/C21H24N2O4/c1-15-13-18(26-2)19(27-3)14-17(15)23-21(25)11-12-22-20(24)10-9-16-7-5-4-6-8-16/h4-10,13-14H,11-12H2,1-3H3,(H,22,24)(H,23,25)/b10-9+. The molecule has 27 heavy (non-hydrogen) atoms. The molecular formula is C21H24N2O4. The fourth-order valence-electron chi connectivity index (χ4n) is 2.42. The first-order chi connectivity index (χ1) is 13.0. The second-order valence-corrected chi connectivity index (χ2v) is 5.86. The predicted octanol–water partition coefficient (Wildman–Crippen LogP) is 3.17. The third-order valence-electron chi connectivity index (χ3n) is 3.88. The summed E-state index contributed by atoms with van der Waals surface area (Å²) in [5, 5.41) is 5.52. The summed E-state index contributed by atoms with van der Waals surface area (Å²) in [5.41, 5.74) is 2.44. The summed E-state index contributed by atoms with van der Waals surface area (Å²) >= 11 is 0. The Hall–Kier alpha value is -3.28. The van der Waals surface area contributed by atoms with Crippen LogP contribution in [0.4, 0.5) is 5.69 Å². The topological polar surface area (TPSA) is 76.7 Å². The van der Waals surface area contributed by atoms with Gasteiger partial charge in [0, 0.05) is 30.8 Å². The molecule has 0 fully saturated rings. The molecule has 0 bridgehead atoms. The van der Waals surface area contributed by atoms with Crippen molar-refractivity contribution in [3.8, 4) is 11.5 Å². The molecule has 0 unspecified atom stereocenters. The third kappa shape index (κ3) is 6.18. The Balaban J connectivity index is 1.82. The van der Waals surface area contributed by atoms with E-state index in [1.165, 1.54) is 13.2 Å². The average molecular weight is 368 g/mol. The van der Waals surface area contributed by atoms with E-state index in [-0.39, 0.29) is 24.8 Å². The predicted molar refractivity (Wildman–Crippen MR) is 106 cm³/mol. The molecule has 0 saturated heterocycles. The first kappa shape index (κ1) is 20.0. The van der Waals surface area contributed by atoms with Crippen LogP contribution in [0.5, 0.6) is 11.5 Å². The number of nitrogens with one attached hydrogen (secondary N) is 2. The van der Waals surface area contributed by atoms with Crippen molar-refractivity contribution in [3.63, 3.8) is 0 Å². The lowest BCUT2D eigenvalue weighted by atomic mass is 10.1. The summed E-state index contributed by atoms with van der Waals surface area (Å²) in [6.45, 7) is 2.11. The molecule has 2 N–H and O–H groups in total. The SMILES string of the molecule is COc1cc(C)c(NC(=O)CCNC(=O)/C=C/c2ccccc2)cc1OC. The zero-order valence-electron chi connectivity index (χ0n) is 15.7. The van der Waals surface area contributed by atoms with E-state index in [1.54, 1.807) is 25.3 Å². The van der Waals surface area contributed by atoms with Crippen LogP contribution in [0.25, 0.3) is 6.08 Å². The van der Waals surface area contributed by atoms with E-state index < -0.39 is 0 Å². The van der Waals surface area contributed by atoms with Crippen LogP contribution in [0.2, 0.25) is 0 Å². The number of rotatable bonds is 8. The Bertz CT molecular complexity index is 816. The van der Waals surface area contributed by atoms with E-state index in [0.29, 0.717) is 17.2 Å². The first-order valence-corrected chi connectivity index (χ1v) is 8.57. The molecule has 2 aromatic rings. The zero-order valence-corrected chi connectivity index (χ0v) is 15.7. The van der Waals surface area contributed by atoms with E-state index in [4.69, 9.17) is 9.47 Å². The molecule has 0 aliphatic rings. The van der Waals surface area contributed by atoms with Crippen LogP contribution >= 0.6 is 0 Å². The number of ether oxygens (including phenoxy) is 2. The van der Waals surface area contributed by atoms with Gasteiger partial charge < -0.3 is 20.1 Å². The van der Waals surface area contributed by atoms with Gasteiger partial charge in [0.15, 0.2) is 11.5 Å². The van der Waals surface area contributed by atoms with Gasteiger partial charge in [0.05, 0.1) is 14.2 Å². The summed E-state index contributed by atoms with van der Waals surface area (Å²) in [4.78, 5) is 23.9. The van der Waals surface area contributed by atoms with Gasteiger partial charge in [-0.25, -0.2) is 0 Å². The lowest BCUT2D eigenvalue weighted by Crippen LogP contribution is -2.26. The van der Waals surface area contributed by atoms with Crippen molar-refractivity contribution in [2.75, 3.05) is 26.1 Å². The molecule has 0 aromatic heterocycles. The minimum atomic E-state index is -0.242. The molecular weight excluding hydrogens is 344 g/mol. The monoisotopic (exact) mass is 368 g/mol. The second-order valence-electron chi connectivity index (χ2n) is 5.86. The van der Waals surface area contributed by atoms with E-state index in [1.807, 2.05) is 37.3 Å². The fraction of sp³-hybridized carbons (Fsp3) is 0.238. The smallest absolute Gasteiger partial charge is 0.244 e. The molecule has 0 atom stereocenters. The van der Waals surface area contributed by atoms with Gasteiger partial charge in [-0.3, -0.25) is 9.59 Å². The molecule has 2 rings (SSSR count). The van der Waals surface area contributed by atoms with Crippen molar-refractivity contribution in [1.29, 1.82) is 0 Å². The molecule has 6 heteroatoms. The zero-order chi connectivity index (χ0) is 19.6. The van der Waals surface area contributed by atoms with Crippen molar-refractivity contribution in [3.05, 3.63) is 59.7 Å². The van der Waals surface area contributed by atoms with Crippen LogP contribution < -0.4 is 20.1 Å². The van der Waals surface area contributed by atoms with E-state index >= 15 is 0 Å². The average Bonchev–Trinajstić information content (AvgIpc) is 2.68. The number of aryl methyl sites for hydroxylation is 1. The van der Waals surface area contributed by atoms with Gasteiger partial charge in [0.1, 0.15) is 0 Å². The molecule has 0 aliphatic heterocycles. The number of hydrogen-bond acceptors (Lipinski definition) is 4. The molecule has 0 saturated carbocycles. The number of anilines is 1. The van der Waals surface area contributed by atoms with Gasteiger partial charge in [0.2, 0.25) is 11.8 Å². The molecule has 142 valence electrons. The Labute approximate surface area is 159 Å². The number of hydrogen-bond donors (Lipinski definition) is 2. The van der Waals surface area contributed by atoms with Crippen LogP contribution in [0.15, 0.2) is 48.5 Å². The minimum Gasteiger partial charge on any atom is -0.493 e. The van der Waals surface area contributed by atoms with Crippen LogP contribution in [-0.4, -0.2) is 32.6 Å². The van der Waals surface area contributed by atoms with Crippen molar-refractivity contribution in [2.24, 2.45) is 0 Å². The van der Waals surface area contributed by atoms with E-state index in [2.05, 4.69) is 10.6 Å². The Morgan fingerprint density at radius 1 is 1.04 bits per heavy atom. The van der Waals surface area contributed by atoms with Crippen molar-refractivity contribution >= 4 is 23.6 Å². The lowest BCUT2D eigenvalue weighted by molar-refractivity contribution is -0.117. The van der Waals surface area contributed by atoms with Gasteiger partial charge in [-0.15, -0.1) is 0 Å². The summed E-state index contributed by atoms with van der Waals surface area (Å²) in [6.07, 6.45) is 3.34. The van der Waals surface area contributed by atoms with Crippen LogP contribution in [0.3, 0.4) is 0 Å². The molecule has 0 spiro atoms. The molecule has 0 radical (unpaired) electrons. The summed E-state index contributed by atoms with van der Waals surface area (Å²) in [5.74, 6) is 0.704. The van der Waals surface area contributed by atoms with Gasteiger partial charge in [-0.05, 0) is 30.2 Å². The maximum atomic E-state index is 12.1. The third-order valence-corrected chi connectivity index (χ3v) is 3.88. The highest BCUT2D eigenvalue weighted by Gasteiger charge is 2.11. The lowest BCUT2D eigenvalue weighted by Gasteiger charge is -2.13. The van der Waals surface area contributed by atoms with Crippen molar-refractivity contribution < 1.29 is 19.1 Å². The quantitative estimate of drug-likeness (QED) is 0.702. The number of amides is 2. The highest BCUT2D eigenvalue weighted by atomic mass is 16.5. The van der Waals surface area contributed by atoms with Crippen molar-refractivity contribution in [1.82, 2.24) is 5.32 Å². The minimum absolute atomic E-state index is 0.165. The molecule has 6 nitrogen and oxygen atoms in total. The van der Waals surface area contributed by atoms with E-state index in [9.17, 15) is 9.59 Å². The summed E-state index contributed by atoms with van der Waals surface area (Å²) < 4.78 is 10.5. The van der Waals surface area contributed by atoms with Crippen LogP contribution in [-0.2, 0) is 9.59 Å². The van der Waals surface area contributed by atoms with Crippen LogP contribution in [0, 0.1) is 6.92 Å². The van der Waals surface area contributed by atoms with Gasteiger partial charge in [-0.1, -0.05) is 30.3 Å². The normalized spacial score (nSPS) is 10.5. The Morgan fingerprint density at radius 3 is 2.37 bits per heavy atom. The second kappa shape index (κ2) is 10.0. The molecule has 2 amide bonds. The Morgan fingerprint density at radius 2 is 1.70 bits per heavy atom. The molecule has 0 heterocycles.